The standard InChI is InChI=1S/C13H10F2N4O/c1-16-11-10-8(5-17-13(10)20)18-12(19-11)9-6(14)3-2-4-7(9)15/h2-5,17,20H,1H3,(H,16,18,19). The van der Waals surface area contributed by atoms with Crippen molar-refractivity contribution in [2.45, 2.75) is 0 Å². The fourth-order valence-electron chi connectivity index (χ4n) is 2.03. The van der Waals surface area contributed by atoms with E-state index in [-0.39, 0.29) is 23.1 Å². The van der Waals surface area contributed by atoms with E-state index >= 15 is 0 Å². The summed E-state index contributed by atoms with van der Waals surface area (Å²) in [6.07, 6.45) is 1.44. The molecule has 7 heteroatoms. The van der Waals surface area contributed by atoms with Gasteiger partial charge in [-0.05, 0) is 12.1 Å². The van der Waals surface area contributed by atoms with E-state index in [1.54, 1.807) is 7.05 Å². The summed E-state index contributed by atoms with van der Waals surface area (Å²) in [5.74, 6) is -1.40. The zero-order valence-corrected chi connectivity index (χ0v) is 10.4. The van der Waals surface area contributed by atoms with E-state index in [1.807, 2.05) is 0 Å². The summed E-state index contributed by atoms with van der Waals surface area (Å²) in [4.78, 5) is 10.7. The van der Waals surface area contributed by atoms with E-state index in [9.17, 15) is 13.9 Å². The second kappa shape index (κ2) is 4.44. The van der Waals surface area contributed by atoms with Gasteiger partial charge in [0.1, 0.15) is 22.8 Å². The van der Waals surface area contributed by atoms with E-state index in [1.165, 1.54) is 12.3 Å². The van der Waals surface area contributed by atoms with Gasteiger partial charge in [-0.25, -0.2) is 18.7 Å². The summed E-state index contributed by atoms with van der Waals surface area (Å²) < 4.78 is 27.6. The third kappa shape index (κ3) is 1.75. The van der Waals surface area contributed by atoms with Crippen molar-refractivity contribution in [2.24, 2.45) is 0 Å². The highest BCUT2D eigenvalue weighted by Gasteiger charge is 2.18. The molecule has 0 atom stereocenters. The third-order valence-electron chi connectivity index (χ3n) is 2.94. The lowest BCUT2D eigenvalue weighted by molar-refractivity contribution is 0.462. The molecule has 102 valence electrons. The van der Waals surface area contributed by atoms with Crippen LogP contribution in [0.25, 0.3) is 22.3 Å². The van der Waals surface area contributed by atoms with Crippen molar-refractivity contribution in [2.75, 3.05) is 12.4 Å². The smallest absolute Gasteiger partial charge is 0.201 e. The molecular formula is C13H10F2N4O. The first-order valence-corrected chi connectivity index (χ1v) is 5.82. The lowest BCUT2D eigenvalue weighted by Gasteiger charge is -2.07. The third-order valence-corrected chi connectivity index (χ3v) is 2.94. The fourth-order valence-corrected chi connectivity index (χ4v) is 2.03. The predicted molar refractivity (Wildman–Crippen MR) is 70.5 cm³/mol. The molecule has 3 rings (SSSR count). The Balaban J connectivity index is 2.33. The first kappa shape index (κ1) is 12.3. The van der Waals surface area contributed by atoms with Crippen molar-refractivity contribution in [1.29, 1.82) is 0 Å². The molecule has 0 aliphatic rings. The number of halogens is 2. The highest BCUT2D eigenvalue weighted by molar-refractivity contribution is 5.95. The van der Waals surface area contributed by atoms with Crippen molar-refractivity contribution in [3.05, 3.63) is 36.0 Å². The lowest BCUT2D eigenvalue weighted by Crippen LogP contribution is -2.00. The molecule has 3 aromatic rings. The summed E-state index contributed by atoms with van der Waals surface area (Å²) in [5, 5.41) is 12.8. The number of aromatic amines is 1. The SMILES string of the molecule is CNc1nc(-c2c(F)cccc2F)nc2c[nH]c(O)c12. The van der Waals surface area contributed by atoms with Crippen LogP contribution in [-0.2, 0) is 0 Å². The van der Waals surface area contributed by atoms with E-state index in [2.05, 4.69) is 20.3 Å². The van der Waals surface area contributed by atoms with Crippen LogP contribution in [0.15, 0.2) is 24.4 Å². The highest BCUT2D eigenvalue weighted by atomic mass is 19.1. The zero-order chi connectivity index (χ0) is 14.3. The largest absolute Gasteiger partial charge is 0.494 e. The topological polar surface area (TPSA) is 73.8 Å². The number of aromatic hydroxyl groups is 1. The summed E-state index contributed by atoms with van der Waals surface area (Å²) in [5.41, 5.74) is 0.0612. The van der Waals surface area contributed by atoms with Gasteiger partial charge in [0.25, 0.3) is 0 Å². The van der Waals surface area contributed by atoms with Gasteiger partial charge in [-0.3, -0.25) is 0 Å². The average molecular weight is 276 g/mol. The fraction of sp³-hybridized carbons (Fsp3) is 0.0769. The number of nitrogens with one attached hydrogen (secondary N) is 2. The number of aromatic nitrogens is 3. The van der Waals surface area contributed by atoms with Crippen LogP contribution in [0.1, 0.15) is 0 Å². The van der Waals surface area contributed by atoms with Gasteiger partial charge >= 0.3 is 0 Å². The molecule has 5 nitrogen and oxygen atoms in total. The summed E-state index contributed by atoms with van der Waals surface area (Å²) >= 11 is 0. The van der Waals surface area contributed by atoms with Crippen LogP contribution < -0.4 is 5.32 Å². The molecule has 0 spiro atoms. The number of benzene rings is 1. The lowest BCUT2D eigenvalue weighted by atomic mass is 10.1. The van der Waals surface area contributed by atoms with Crippen molar-refractivity contribution >= 4 is 16.7 Å². The molecule has 0 saturated heterocycles. The van der Waals surface area contributed by atoms with Gasteiger partial charge in [-0.2, -0.15) is 0 Å². The molecule has 0 amide bonds. The summed E-state index contributed by atoms with van der Waals surface area (Å²) in [6.45, 7) is 0. The number of hydrogen-bond donors (Lipinski definition) is 3. The monoisotopic (exact) mass is 276 g/mol. The predicted octanol–water partition coefficient (Wildman–Crippen LogP) is 2.65. The van der Waals surface area contributed by atoms with Crippen molar-refractivity contribution in [1.82, 2.24) is 15.0 Å². The van der Waals surface area contributed by atoms with E-state index in [0.29, 0.717) is 10.9 Å². The van der Waals surface area contributed by atoms with Crippen molar-refractivity contribution in [3.8, 4) is 17.3 Å². The Labute approximate surface area is 112 Å². The summed E-state index contributed by atoms with van der Waals surface area (Å²) in [7, 11) is 1.59. The highest BCUT2D eigenvalue weighted by Crippen LogP contribution is 2.32. The molecular weight excluding hydrogens is 266 g/mol. The van der Waals surface area contributed by atoms with Crippen LogP contribution >= 0.6 is 0 Å². The Hall–Kier alpha value is -2.70. The molecule has 2 heterocycles. The zero-order valence-electron chi connectivity index (χ0n) is 10.4. The van der Waals surface area contributed by atoms with Crippen LogP contribution in [0.5, 0.6) is 5.88 Å². The first-order chi connectivity index (χ1) is 9.61. The van der Waals surface area contributed by atoms with Crippen LogP contribution in [0.4, 0.5) is 14.6 Å². The Morgan fingerprint density at radius 2 is 1.90 bits per heavy atom. The van der Waals surface area contributed by atoms with Crippen molar-refractivity contribution in [3.63, 3.8) is 0 Å². The second-order valence-electron chi connectivity index (χ2n) is 4.14. The van der Waals surface area contributed by atoms with Crippen LogP contribution in [0, 0.1) is 11.6 Å². The van der Waals surface area contributed by atoms with E-state index < -0.39 is 11.6 Å². The van der Waals surface area contributed by atoms with Crippen LogP contribution in [0.2, 0.25) is 0 Å². The average Bonchev–Trinajstić information content (AvgIpc) is 2.79. The van der Waals surface area contributed by atoms with Gasteiger partial charge in [0, 0.05) is 13.2 Å². The quantitative estimate of drug-likeness (QED) is 0.672. The first-order valence-electron chi connectivity index (χ1n) is 5.82. The molecule has 0 aliphatic carbocycles. The molecule has 0 fully saturated rings. The number of H-pyrrole nitrogens is 1. The molecule has 20 heavy (non-hydrogen) atoms. The van der Waals surface area contributed by atoms with Crippen LogP contribution in [0.3, 0.4) is 0 Å². The van der Waals surface area contributed by atoms with E-state index in [0.717, 1.165) is 12.1 Å². The Kier molecular flexibility index (Phi) is 2.74. The van der Waals surface area contributed by atoms with Gasteiger partial charge in [-0.1, -0.05) is 6.07 Å². The van der Waals surface area contributed by atoms with E-state index in [4.69, 9.17) is 0 Å². The van der Waals surface area contributed by atoms with Gasteiger partial charge in [0.05, 0.1) is 11.1 Å². The number of nitrogens with zero attached hydrogens (tertiary/aromatic N) is 2. The van der Waals surface area contributed by atoms with Gasteiger partial charge in [0.15, 0.2) is 5.82 Å². The number of anilines is 1. The molecule has 3 N–H and O–H groups in total. The van der Waals surface area contributed by atoms with Gasteiger partial charge < -0.3 is 15.4 Å². The molecule has 0 saturated carbocycles. The summed E-state index contributed by atoms with van der Waals surface area (Å²) in [6, 6.07) is 3.55. The van der Waals surface area contributed by atoms with Crippen molar-refractivity contribution < 1.29 is 13.9 Å². The van der Waals surface area contributed by atoms with Gasteiger partial charge in [0.2, 0.25) is 5.88 Å². The number of hydrogen-bond acceptors (Lipinski definition) is 4. The number of fused-ring (bicyclic) bond motifs is 1. The molecule has 0 unspecified atom stereocenters. The molecule has 0 aliphatic heterocycles. The second-order valence-corrected chi connectivity index (χ2v) is 4.14. The van der Waals surface area contributed by atoms with Crippen LogP contribution in [-0.4, -0.2) is 27.1 Å². The maximum Gasteiger partial charge on any atom is 0.201 e. The van der Waals surface area contributed by atoms with Gasteiger partial charge in [-0.15, -0.1) is 0 Å². The minimum Gasteiger partial charge on any atom is -0.494 e. The number of rotatable bonds is 2. The Bertz CT molecular complexity index is 780. The molecule has 0 radical (unpaired) electrons. The molecule has 0 bridgehead atoms. The molecule has 1 aromatic carbocycles. The normalized spacial score (nSPS) is 10.9. The maximum atomic E-state index is 13.8. The minimum absolute atomic E-state index is 0.0866. The Morgan fingerprint density at radius 1 is 1.20 bits per heavy atom. The molecule has 2 aromatic heterocycles. The maximum absolute atomic E-state index is 13.8. The minimum atomic E-state index is -0.744. The Morgan fingerprint density at radius 3 is 2.55 bits per heavy atom.